The van der Waals surface area contributed by atoms with Gasteiger partial charge in [0, 0.05) is 63.9 Å². The van der Waals surface area contributed by atoms with Crippen LogP contribution >= 0.6 is 23.1 Å². The molecular formula is C60H38N2OS2. The Labute approximate surface area is 383 Å². The van der Waals surface area contributed by atoms with Crippen molar-refractivity contribution < 1.29 is 4.74 Å². The van der Waals surface area contributed by atoms with Gasteiger partial charge in [-0.15, -0.1) is 11.3 Å². The molecule has 0 fully saturated rings. The fourth-order valence-electron chi connectivity index (χ4n) is 10.5. The maximum atomic E-state index is 6.94. The van der Waals surface area contributed by atoms with E-state index >= 15 is 0 Å². The fraction of sp³-hybridized carbons (Fsp3) is 0.0333. The first kappa shape index (κ1) is 36.9. The number of hydrogen-bond donors (Lipinski definition) is 0. The highest BCUT2D eigenvalue weighted by Gasteiger charge is 2.31. The number of rotatable bonds is 6. The van der Waals surface area contributed by atoms with Gasteiger partial charge in [-0.2, -0.15) is 0 Å². The predicted octanol–water partition coefficient (Wildman–Crippen LogP) is 17.4. The maximum Gasteiger partial charge on any atom is 0.128 e. The Morgan fingerprint density at radius 2 is 0.985 bits per heavy atom. The van der Waals surface area contributed by atoms with E-state index in [1.807, 2.05) is 23.1 Å². The topological polar surface area (TPSA) is 19.1 Å². The summed E-state index contributed by atoms with van der Waals surface area (Å²) in [4.78, 5) is 2.81. The summed E-state index contributed by atoms with van der Waals surface area (Å²) in [5, 5.41) is 7.32. The minimum atomic E-state index is 0.373. The van der Waals surface area contributed by atoms with Crippen LogP contribution in [0.5, 0.6) is 11.5 Å². The van der Waals surface area contributed by atoms with Crippen molar-refractivity contribution in [1.82, 2.24) is 9.13 Å². The molecule has 12 aromatic rings. The lowest BCUT2D eigenvalue weighted by Crippen LogP contribution is -2.06. The quantitative estimate of drug-likeness (QED) is 0.166. The van der Waals surface area contributed by atoms with Crippen LogP contribution in [0, 0.1) is 0 Å². The van der Waals surface area contributed by atoms with E-state index in [1.165, 1.54) is 90.7 Å². The van der Waals surface area contributed by atoms with Gasteiger partial charge in [0.05, 0.1) is 22.1 Å². The molecule has 1 atom stereocenters. The maximum absolute atomic E-state index is 6.94. The molecule has 2 aliphatic rings. The SMILES string of the molecule is C1=C2Sc3ccccc3C2CC(n2c3ccc(Oc4ccc5c(c4)c4cc(-c6ccccc6)ccc4n5-c4ccc5sc6ccccc6c5c4)cc3c3cc(-c4ccccc4)ccc32)=C1. The molecule has 0 spiro atoms. The van der Waals surface area contributed by atoms with Crippen LogP contribution in [0.25, 0.3) is 97.4 Å². The van der Waals surface area contributed by atoms with E-state index in [0.29, 0.717) is 5.92 Å². The Morgan fingerprint density at radius 3 is 1.68 bits per heavy atom. The highest BCUT2D eigenvalue weighted by atomic mass is 32.2. The first-order valence-electron chi connectivity index (χ1n) is 22.2. The normalized spacial score (nSPS) is 14.7. The third-order valence-corrected chi connectivity index (χ3v) is 15.9. The molecule has 0 saturated carbocycles. The average molecular weight is 867 g/mol. The Kier molecular flexibility index (Phi) is 8.21. The number of allylic oxidation sites excluding steroid dienone is 4. The van der Waals surface area contributed by atoms with Gasteiger partial charge in [0.2, 0.25) is 0 Å². The van der Waals surface area contributed by atoms with Gasteiger partial charge in [0.25, 0.3) is 0 Å². The van der Waals surface area contributed by atoms with Crippen molar-refractivity contribution in [3.05, 3.63) is 223 Å². The first-order chi connectivity index (χ1) is 32.2. The molecule has 1 aliphatic heterocycles. The summed E-state index contributed by atoms with van der Waals surface area (Å²) < 4.78 is 14.5. The molecule has 3 aromatic heterocycles. The Hall–Kier alpha value is -7.57. The van der Waals surface area contributed by atoms with Crippen LogP contribution in [0.4, 0.5) is 0 Å². The molecule has 1 unspecified atom stereocenters. The van der Waals surface area contributed by atoms with Gasteiger partial charge < -0.3 is 13.9 Å². The number of fused-ring (bicyclic) bond motifs is 12. The largest absolute Gasteiger partial charge is 0.457 e. The van der Waals surface area contributed by atoms with Crippen LogP contribution in [0.2, 0.25) is 0 Å². The number of nitrogens with zero attached hydrogens (tertiary/aromatic N) is 2. The van der Waals surface area contributed by atoms with Crippen LogP contribution < -0.4 is 4.74 Å². The van der Waals surface area contributed by atoms with Gasteiger partial charge in [0.1, 0.15) is 11.5 Å². The van der Waals surface area contributed by atoms with Crippen molar-refractivity contribution >= 4 is 92.6 Å². The van der Waals surface area contributed by atoms with Crippen LogP contribution in [-0.2, 0) is 0 Å². The lowest BCUT2D eigenvalue weighted by atomic mass is 9.90. The second-order valence-corrected chi connectivity index (χ2v) is 19.4. The lowest BCUT2D eigenvalue weighted by Gasteiger charge is -2.21. The van der Waals surface area contributed by atoms with Crippen molar-refractivity contribution in [3.63, 3.8) is 0 Å². The van der Waals surface area contributed by atoms with Crippen molar-refractivity contribution in [2.24, 2.45) is 0 Å². The lowest BCUT2D eigenvalue weighted by molar-refractivity contribution is 0.484. The van der Waals surface area contributed by atoms with Gasteiger partial charge >= 0.3 is 0 Å². The number of thiophene rings is 1. The number of hydrogen-bond acceptors (Lipinski definition) is 3. The van der Waals surface area contributed by atoms with Crippen molar-refractivity contribution in [3.8, 4) is 39.4 Å². The number of aromatic nitrogens is 2. The third-order valence-electron chi connectivity index (χ3n) is 13.5. The summed E-state index contributed by atoms with van der Waals surface area (Å²) >= 11 is 3.77. The van der Waals surface area contributed by atoms with E-state index in [0.717, 1.165) is 40.0 Å². The minimum Gasteiger partial charge on any atom is -0.457 e. The molecule has 65 heavy (non-hydrogen) atoms. The predicted molar refractivity (Wildman–Crippen MR) is 276 cm³/mol. The molecule has 5 heteroatoms. The second-order valence-electron chi connectivity index (χ2n) is 17.2. The van der Waals surface area contributed by atoms with E-state index < -0.39 is 0 Å². The molecule has 0 amide bonds. The van der Waals surface area contributed by atoms with Crippen molar-refractivity contribution in [2.75, 3.05) is 0 Å². The number of ether oxygens (including phenoxy) is 1. The van der Waals surface area contributed by atoms with Gasteiger partial charge in [-0.1, -0.05) is 121 Å². The van der Waals surface area contributed by atoms with E-state index in [9.17, 15) is 0 Å². The van der Waals surface area contributed by atoms with Gasteiger partial charge in [-0.3, -0.25) is 0 Å². The average Bonchev–Trinajstić information content (AvgIpc) is 4.11. The van der Waals surface area contributed by atoms with E-state index in [2.05, 4.69) is 221 Å². The number of thioether (sulfide) groups is 1. The van der Waals surface area contributed by atoms with E-state index in [-0.39, 0.29) is 0 Å². The Morgan fingerprint density at radius 1 is 0.415 bits per heavy atom. The Balaban J connectivity index is 0.907. The molecule has 3 nitrogen and oxygen atoms in total. The smallest absolute Gasteiger partial charge is 0.128 e. The molecule has 0 radical (unpaired) electrons. The van der Waals surface area contributed by atoms with Crippen LogP contribution in [0.1, 0.15) is 17.9 Å². The monoisotopic (exact) mass is 866 g/mol. The summed E-state index contributed by atoms with van der Waals surface area (Å²) in [6, 6.07) is 73.0. The molecule has 1 aliphatic carbocycles. The first-order valence-corrected chi connectivity index (χ1v) is 23.9. The zero-order chi connectivity index (χ0) is 42.6. The zero-order valence-corrected chi connectivity index (χ0v) is 36.7. The molecule has 306 valence electrons. The van der Waals surface area contributed by atoms with Crippen molar-refractivity contribution in [1.29, 1.82) is 0 Å². The highest BCUT2D eigenvalue weighted by Crippen LogP contribution is 2.54. The molecule has 9 aromatic carbocycles. The highest BCUT2D eigenvalue weighted by molar-refractivity contribution is 8.03. The third kappa shape index (κ3) is 5.89. The summed E-state index contributed by atoms with van der Waals surface area (Å²) in [6.45, 7) is 0. The molecular weight excluding hydrogens is 829 g/mol. The standard InChI is InChI=1S/C60H38N2OS2/c1-3-11-37(12-4-1)39-19-25-53-47(31-39)49-35-43(23-27-55(49)61(53)41-21-29-59-51(33-41)45-15-7-9-17-57(45)64-59)63-44-24-28-56-50(36-44)48-32-40(38-13-5-2-6-14-38)20-26-54(48)62(56)42-22-30-60-52(34-42)46-16-8-10-18-58(46)65-60/h1-33,35-36,52H,34H2. The van der Waals surface area contributed by atoms with Gasteiger partial charge in [-0.05, 0) is 142 Å². The molecule has 14 rings (SSSR count). The molecule has 4 heterocycles. The van der Waals surface area contributed by atoms with Gasteiger partial charge in [-0.25, -0.2) is 0 Å². The fourth-order valence-corrected chi connectivity index (χ4v) is 12.8. The van der Waals surface area contributed by atoms with Crippen LogP contribution in [0.15, 0.2) is 222 Å². The summed E-state index contributed by atoms with van der Waals surface area (Å²) in [5.74, 6) is 1.99. The Bertz CT molecular complexity index is 3980. The van der Waals surface area contributed by atoms with Crippen molar-refractivity contribution in [2.45, 2.75) is 17.2 Å². The molecule has 0 saturated heterocycles. The zero-order valence-electron chi connectivity index (χ0n) is 35.1. The summed E-state index contributed by atoms with van der Waals surface area (Å²) in [6.07, 6.45) is 5.64. The molecule has 0 bridgehead atoms. The van der Waals surface area contributed by atoms with Crippen LogP contribution in [-0.4, -0.2) is 9.13 Å². The molecule has 0 N–H and O–H groups in total. The van der Waals surface area contributed by atoms with Gasteiger partial charge in [0.15, 0.2) is 0 Å². The summed E-state index contributed by atoms with van der Waals surface area (Å²) in [7, 11) is 0. The van der Waals surface area contributed by atoms with E-state index in [4.69, 9.17) is 4.74 Å². The van der Waals surface area contributed by atoms with E-state index in [1.54, 1.807) is 0 Å². The second kappa shape index (κ2) is 14.5. The summed E-state index contributed by atoms with van der Waals surface area (Å²) in [5.41, 5.74) is 13.4. The minimum absolute atomic E-state index is 0.373. The number of benzene rings is 9. The van der Waals surface area contributed by atoms with Crippen LogP contribution in [0.3, 0.4) is 0 Å².